The summed E-state index contributed by atoms with van der Waals surface area (Å²) in [5.41, 5.74) is 0. The highest BCUT2D eigenvalue weighted by atomic mass is 79.9. The van der Waals surface area contributed by atoms with E-state index < -0.39 is 7.26 Å². The van der Waals surface area contributed by atoms with Crippen LogP contribution >= 0.6 is 7.26 Å². The van der Waals surface area contributed by atoms with E-state index in [0.29, 0.717) is 0 Å². The summed E-state index contributed by atoms with van der Waals surface area (Å²) in [4.78, 5) is 0. The van der Waals surface area contributed by atoms with E-state index in [0.717, 1.165) is 0 Å². The minimum absolute atomic E-state index is 0. The quantitative estimate of drug-likeness (QED) is 0.606. The Morgan fingerprint density at radius 1 is 0.824 bits per heavy atom. The minimum Gasteiger partial charge on any atom is -1.00 e. The van der Waals surface area contributed by atoms with E-state index in [1.54, 1.807) is 0 Å². The van der Waals surface area contributed by atoms with Crippen molar-refractivity contribution in [2.24, 2.45) is 0 Å². The zero-order valence-corrected chi connectivity index (χ0v) is 14.7. The molecule has 0 fully saturated rings. The molecular weight excluding hydrogens is 295 g/mol. The first-order chi connectivity index (χ1) is 7.63. The van der Waals surface area contributed by atoms with Crippen molar-refractivity contribution in [2.45, 2.75) is 72.1 Å². The molecular formula is C14H32BrOP. The van der Waals surface area contributed by atoms with Crippen molar-refractivity contribution in [1.82, 2.24) is 0 Å². The lowest BCUT2D eigenvalue weighted by Crippen LogP contribution is -3.00. The maximum Gasteiger partial charge on any atom is 0.161 e. The Morgan fingerprint density at radius 2 is 1.12 bits per heavy atom. The third-order valence-electron chi connectivity index (χ3n) is 3.66. The van der Waals surface area contributed by atoms with Crippen LogP contribution in [0, 0.1) is 0 Å². The van der Waals surface area contributed by atoms with Crippen LogP contribution in [0.1, 0.15) is 66.2 Å². The van der Waals surface area contributed by atoms with Gasteiger partial charge < -0.3 is 22.1 Å². The van der Waals surface area contributed by atoms with E-state index in [9.17, 15) is 5.11 Å². The van der Waals surface area contributed by atoms with Gasteiger partial charge in [0.2, 0.25) is 0 Å². The third-order valence-corrected chi connectivity index (χ3v) is 8.87. The van der Waals surface area contributed by atoms with Crippen molar-refractivity contribution in [3.05, 3.63) is 0 Å². The van der Waals surface area contributed by atoms with Crippen LogP contribution in [-0.2, 0) is 0 Å². The summed E-state index contributed by atoms with van der Waals surface area (Å²) >= 11 is 0. The Kier molecular flexibility index (Phi) is 14.2. The Morgan fingerprint density at radius 3 is 1.29 bits per heavy atom. The first-order valence-corrected chi connectivity index (χ1v) is 9.58. The van der Waals surface area contributed by atoms with E-state index in [4.69, 9.17) is 0 Å². The molecule has 106 valence electrons. The summed E-state index contributed by atoms with van der Waals surface area (Å²) in [7, 11) is -1.06. The van der Waals surface area contributed by atoms with Crippen LogP contribution < -0.4 is 17.0 Å². The van der Waals surface area contributed by atoms with Crippen molar-refractivity contribution in [2.75, 3.05) is 18.5 Å². The predicted octanol–water partition coefficient (Wildman–Crippen LogP) is 1.75. The van der Waals surface area contributed by atoms with Gasteiger partial charge in [-0.05, 0) is 26.2 Å². The zero-order valence-electron chi connectivity index (χ0n) is 12.2. The van der Waals surface area contributed by atoms with E-state index >= 15 is 0 Å². The van der Waals surface area contributed by atoms with Gasteiger partial charge in [0, 0.05) is 7.26 Å². The molecule has 17 heavy (non-hydrogen) atoms. The number of hydrogen-bond donors (Lipinski definition) is 1. The fraction of sp³-hybridized carbons (Fsp3) is 1.00. The van der Waals surface area contributed by atoms with E-state index in [1.165, 1.54) is 57.0 Å². The molecule has 0 aromatic rings. The molecule has 0 aromatic heterocycles. The topological polar surface area (TPSA) is 20.2 Å². The number of aliphatic hydroxyl groups excluding tert-OH is 1. The van der Waals surface area contributed by atoms with E-state index in [-0.39, 0.29) is 22.8 Å². The largest absolute Gasteiger partial charge is 1.00 e. The molecule has 0 rings (SSSR count). The molecule has 0 amide bonds. The number of unbranched alkanes of at least 4 members (excludes halogenated alkanes) is 3. The zero-order chi connectivity index (χ0) is 12.4. The van der Waals surface area contributed by atoms with Gasteiger partial charge in [0.1, 0.15) is 0 Å². The first kappa shape index (κ1) is 20.2. The van der Waals surface area contributed by atoms with Crippen molar-refractivity contribution < 1.29 is 22.1 Å². The fourth-order valence-corrected chi connectivity index (χ4v) is 6.94. The number of hydrogen-bond acceptors (Lipinski definition) is 1. The van der Waals surface area contributed by atoms with Gasteiger partial charge >= 0.3 is 0 Å². The molecule has 0 spiro atoms. The predicted molar refractivity (Wildman–Crippen MR) is 77.9 cm³/mol. The minimum atomic E-state index is -1.06. The highest BCUT2D eigenvalue weighted by Gasteiger charge is 2.40. The third kappa shape index (κ3) is 7.80. The summed E-state index contributed by atoms with van der Waals surface area (Å²) in [6.07, 6.45) is 11.7. The molecule has 1 nitrogen and oxygen atoms in total. The van der Waals surface area contributed by atoms with Crippen molar-refractivity contribution in [3.63, 3.8) is 0 Å². The summed E-state index contributed by atoms with van der Waals surface area (Å²) in [6.45, 7) is 8.83. The molecule has 1 N–H and O–H groups in total. The van der Waals surface area contributed by atoms with Crippen LogP contribution in [0.15, 0.2) is 0 Å². The lowest BCUT2D eigenvalue weighted by atomic mass is 10.4. The van der Waals surface area contributed by atoms with Crippen LogP contribution in [-0.4, -0.2) is 29.4 Å². The lowest BCUT2D eigenvalue weighted by molar-refractivity contribution is -0.00000505. The molecule has 1 unspecified atom stereocenters. The number of halogens is 1. The molecule has 0 aliphatic rings. The second-order valence-electron chi connectivity index (χ2n) is 5.08. The molecule has 3 heteroatoms. The van der Waals surface area contributed by atoms with Crippen LogP contribution in [0.4, 0.5) is 0 Å². The molecule has 0 saturated carbocycles. The summed E-state index contributed by atoms with van der Waals surface area (Å²) in [5, 5.41) is 10.2. The standard InChI is InChI=1S/C14H32OP.BrH/c1-5-8-11-16(14(4)15,12-9-6-2)13-10-7-3;/h14-15H,5-13H2,1-4H3;1H/q+1;/p-1. The highest BCUT2D eigenvalue weighted by Crippen LogP contribution is 2.63. The Labute approximate surface area is 120 Å². The van der Waals surface area contributed by atoms with Gasteiger partial charge in [0.05, 0.1) is 18.5 Å². The number of aliphatic hydroxyl groups is 1. The molecule has 0 aliphatic carbocycles. The van der Waals surface area contributed by atoms with Gasteiger partial charge in [-0.25, -0.2) is 0 Å². The van der Waals surface area contributed by atoms with E-state index in [1.807, 2.05) is 0 Å². The normalized spacial score (nSPS) is 13.2. The lowest BCUT2D eigenvalue weighted by Gasteiger charge is -2.30. The molecule has 0 radical (unpaired) electrons. The molecule has 0 bridgehead atoms. The summed E-state index contributed by atoms with van der Waals surface area (Å²) in [5.74, 6) is -0.0304. The van der Waals surface area contributed by atoms with Crippen molar-refractivity contribution in [1.29, 1.82) is 0 Å². The van der Waals surface area contributed by atoms with Gasteiger partial charge in [-0.2, -0.15) is 0 Å². The Bertz CT molecular complexity index is 141. The average molecular weight is 327 g/mol. The molecule has 0 aliphatic heterocycles. The van der Waals surface area contributed by atoms with Crippen LogP contribution in [0.25, 0.3) is 0 Å². The molecule has 0 aromatic carbocycles. The van der Waals surface area contributed by atoms with Gasteiger partial charge in [-0.1, -0.05) is 40.0 Å². The smallest absolute Gasteiger partial charge is 0.161 e. The SMILES string of the molecule is CCCC[P+](CCCC)(CCCC)C(C)O.[Br-]. The summed E-state index contributed by atoms with van der Waals surface area (Å²) < 4.78 is 0. The Balaban J connectivity index is 0. The maximum atomic E-state index is 10.2. The average Bonchev–Trinajstić information content (AvgIpc) is 2.28. The van der Waals surface area contributed by atoms with Crippen molar-refractivity contribution >= 4 is 7.26 Å². The molecule has 0 saturated heterocycles. The van der Waals surface area contributed by atoms with Gasteiger partial charge in [0.25, 0.3) is 0 Å². The second kappa shape index (κ2) is 11.9. The fourth-order valence-electron chi connectivity index (χ4n) is 2.31. The highest BCUT2D eigenvalue weighted by molar-refractivity contribution is 7.76. The van der Waals surface area contributed by atoms with Crippen LogP contribution in [0.3, 0.4) is 0 Å². The monoisotopic (exact) mass is 326 g/mol. The Hall–Kier alpha value is 0.870. The molecule has 0 heterocycles. The van der Waals surface area contributed by atoms with Gasteiger partial charge in [-0.3, -0.25) is 0 Å². The van der Waals surface area contributed by atoms with Gasteiger partial charge in [-0.15, -0.1) is 0 Å². The van der Waals surface area contributed by atoms with Crippen LogP contribution in [0.2, 0.25) is 0 Å². The van der Waals surface area contributed by atoms with Crippen molar-refractivity contribution in [3.8, 4) is 0 Å². The number of rotatable bonds is 10. The van der Waals surface area contributed by atoms with E-state index in [2.05, 4.69) is 27.7 Å². The van der Waals surface area contributed by atoms with Gasteiger partial charge in [0.15, 0.2) is 5.85 Å². The first-order valence-electron chi connectivity index (χ1n) is 7.16. The maximum absolute atomic E-state index is 10.2. The van der Waals surface area contributed by atoms with Crippen LogP contribution in [0.5, 0.6) is 0 Å². The molecule has 1 atom stereocenters. The second-order valence-corrected chi connectivity index (χ2v) is 9.61. The summed E-state index contributed by atoms with van der Waals surface area (Å²) in [6, 6.07) is 0.